The molecule has 2 fully saturated rings. The van der Waals surface area contributed by atoms with Crippen LogP contribution in [0, 0.1) is 0 Å². The van der Waals surface area contributed by atoms with E-state index in [0.717, 1.165) is 25.1 Å². The van der Waals surface area contributed by atoms with E-state index in [1.165, 1.54) is 6.07 Å². The molecule has 0 spiro atoms. The first kappa shape index (κ1) is 18.3. The van der Waals surface area contributed by atoms with Gasteiger partial charge in [-0.2, -0.15) is 0 Å². The fourth-order valence-electron chi connectivity index (χ4n) is 3.43. The highest BCUT2D eigenvalue weighted by Crippen LogP contribution is 2.35. The first-order chi connectivity index (χ1) is 13.0. The Bertz CT molecular complexity index is 880. The molecule has 27 heavy (non-hydrogen) atoms. The Morgan fingerprint density at radius 2 is 2.04 bits per heavy atom. The summed E-state index contributed by atoms with van der Waals surface area (Å²) in [5.41, 5.74) is 0.317. The van der Waals surface area contributed by atoms with E-state index in [1.54, 1.807) is 23.4 Å². The van der Waals surface area contributed by atoms with Gasteiger partial charge in [0.15, 0.2) is 5.82 Å². The lowest BCUT2D eigenvalue weighted by Gasteiger charge is -2.24. The maximum atomic E-state index is 12.9. The lowest BCUT2D eigenvalue weighted by atomic mass is 10.1. The molecule has 1 aliphatic heterocycles. The SMILES string of the molecule is O=C(NCc1nncn1C1CC1)C1CCCN1C(=O)c1cc(Cl)ccc1Cl. The third-order valence-corrected chi connectivity index (χ3v) is 5.55. The van der Waals surface area contributed by atoms with Gasteiger partial charge in [0.1, 0.15) is 12.4 Å². The number of likely N-dealkylation sites (tertiary alicyclic amines) is 1. The normalized spacial score (nSPS) is 19.3. The highest BCUT2D eigenvalue weighted by molar-refractivity contribution is 6.35. The Hall–Kier alpha value is -2.12. The zero-order chi connectivity index (χ0) is 19.0. The minimum atomic E-state index is -0.523. The zero-order valence-electron chi connectivity index (χ0n) is 14.6. The second-order valence-corrected chi connectivity index (χ2v) is 7.73. The third-order valence-electron chi connectivity index (χ3n) is 4.98. The maximum Gasteiger partial charge on any atom is 0.256 e. The van der Waals surface area contributed by atoms with Crippen molar-refractivity contribution in [1.82, 2.24) is 25.0 Å². The molecular formula is C18H19Cl2N5O2. The molecule has 142 valence electrons. The van der Waals surface area contributed by atoms with Crippen LogP contribution in [0.25, 0.3) is 0 Å². The van der Waals surface area contributed by atoms with E-state index in [4.69, 9.17) is 23.2 Å². The van der Waals surface area contributed by atoms with Gasteiger partial charge in [-0.05, 0) is 43.9 Å². The molecule has 7 nitrogen and oxygen atoms in total. The Labute approximate surface area is 166 Å². The molecule has 1 atom stereocenters. The van der Waals surface area contributed by atoms with Crippen molar-refractivity contribution in [1.29, 1.82) is 0 Å². The van der Waals surface area contributed by atoms with Gasteiger partial charge in [0, 0.05) is 17.6 Å². The lowest BCUT2D eigenvalue weighted by molar-refractivity contribution is -0.125. The number of rotatable bonds is 5. The topological polar surface area (TPSA) is 80.1 Å². The van der Waals surface area contributed by atoms with Gasteiger partial charge in [0.25, 0.3) is 5.91 Å². The molecule has 0 radical (unpaired) electrons. The van der Waals surface area contributed by atoms with E-state index < -0.39 is 6.04 Å². The van der Waals surface area contributed by atoms with Crippen LogP contribution < -0.4 is 5.32 Å². The van der Waals surface area contributed by atoms with E-state index in [9.17, 15) is 9.59 Å². The van der Waals surface area contributed by atoms with Crippen molar-refractivity contribution < 1.29 is 9.59 Å². The van der Waals surface area contributed by atoms with E-state index in [0.29, 0.717) is 41.2 Å². The number of benzene rings is 1. The molecule has 1 N–H and O–H groups in total. The zero-order valence-corrected chi connectivity index (χ0v) is 16.1. The first-order valence-corrected chi connectivity index (χ1v) is 9.72. The molecule has 1 saturated carbocycles. The van der Waals surface area contributed by atoms with Crippen LogP contribution in [0.5, 0.6) is 0 Å². The molecule has 2 aliphatic rings. The quantitative estimate of drug-likeness (QED) is 0.825. The molecule has 1 saturated heterocycles. The first-order valence-electron chi connectivity index (χ1n) is 8.96. The van der Waals surface area contributed by atoms with Gasteiger partial charge in [0.05, 0.1) is 17.1 Å². The summed E-state index contributed by atoms with van der Waals surface area (Å²) in [6.45, 7) is 0.809. The standard InChI is InChI=1S/C18H19Cl2N5O2/c19-11-3-6-14(20)13(8-11)18(27)24-7-1-2-15(24)17(26)21-9-16-23-22-10-25(16)12-4-5-12/h3,6,8,10,12,15H,1-2,4-5,7,9H2,(H,21,26). The van der Waals surface area contributed by atoms with Gasteiger partial charge in [-0.25, -0.2) is 0 Å². The highest BCUT2D eigenvalue weighted by Gasteiger charge is 2.35. The van der Waals surface area contributed by atoms with Crippen molar-refractivity contribution >= 4 is 35.0 Å². The van der Waals surface area contributed by atoms with Crippen molar-refractivity contribution in [2.24, 2.45) is 0 Å². The minimum absolute atomic E-state index is 0.190. The maximum absolute atomic E-state index is 12.9. The summed E-state index contributed by atoms with van der Waals surface area (Å²) < 4.78 is 2.00. The number of nitrogens with one attached hydrogen (secondary N) is 1. The number of carbonyl (C=O) groups excluding carboxylic acids is 2. The lowest BCUT2D eigenvalue weighted by Crippen LogP contribution is -2.46. The molecular weight excluding hydrogens is 389 g/mol. The van der Waals surface area contributed by atoms with Crippen molar-refractivity contribution in [2.75, 3.05) is 6.54 Å². The summed E-state index contributed by atoms with van der Waals surface area (Å²) in [6, 6.07) is 4.68. The average Bonchev–Trinajstić information content (AvgIpc) is 3.19. The van der Waals surface area contributed by atoms with Crippen LogP contribution in [-0.4, -0.2) is 44.1 Å². The van der Waals surface area contributed by atoms with Crippen LogP contribution in [0.2, 0.25) is 10.0 Å². The second kappa shape index (κ2) is 7.48. The molecule has 2 heterocycles. The predicted octanol–water partition coefficient (Wildman–Crippen LogP) is 2.84. The molecule has 9 heteroatoms. The largest absolute Gasteiger partial charge is 0.347 e. The summed E-state index contributed by atoms with van der Waals surface area (Å²) in [5.74, 6) is 0.269. The van der Waals surface area contributed by atoms with Gasteiger partial charge in [-0.15, -0.1) is 10.2 Å². The number of hydrogen-bond acceptors (Lipinski definition) is 4. The monoisotopic (exact) mass is 407 g/mol. The average molecular weight is 408 g/mol. The van der Waals surface area contributed by atoms with Gasteiger partial charge < -0.3 is 14.8 Å². The molecule has 4 rings (SSSR count). The van der Waals surface area contributed by atoms with Gasteiger partial charge in [0.2, 0.25) is 5.91 Å². The molecule has 2 aromatic rings. The Morgan fingerprint density at radius 1 is 1.22 bits per heavy atom. The number of halogens is 2. The Balaban J connectivity index is 1.44. The molecule has 2 amide bonds. The summed E-state index contributed by atoms with van der Waals surface area (Å²) >= 11 is 12.1. The van der Waals surface area contributed by atoms with Crippen LogP contribution in [0.1, 0.15) is 47.9 Å². The van der Waals surface area contributed by atoms with Crippen molar-refractivity contribution in [3.05, 3.63) is 46.0 Å². The summed E-state index contributed by atoms with van der Waals surface area (Å²) in [4.78, 5) is 27.2. The smallest absolute Gasteiger partial charge is 0.256 e. The Kier molecular flexibility index (Phi) is 5.06. The van der Waals surface area contributed by atoms with E-state index in [2.05, 4.69) is 15.5 Å². The van der Waals surface area contributed by atoms with Crippen molar-refractivity contribution in [3.8, 4) is 0 Å². The number of carbonyl (C=O) groups is 2. The number of nitrogens with zero attached hydrogens (tertiary/aromatic N) is 4. The molecule has 1 aromatic heterocycles. The minimum Gasteiger partial charge on any atom is -0.347 e. The van der Waals surface area contributed by atoms with Crippen LogP contribution in [0.15, 0.2) is 24.5 Å². The fraction of sp³-hybridized carbons (Fsp3) is 0.444. The second-order valence-electron chi connectivity index (χ2n) is 6.88. The van der Waals surface area contributed by atoms with Crippen LogP contribution in [0.3, 0.4) is 0 Å². The predicted molar refractivity (Wildman–Crippen MR) is 101 cm³/mol. The molecule has 1 aliphatic carbocycles. The van der Waals surface area contributed by atoms with Crippen molar-refractivity contribution in [3.63, 3.8) is 0 Å². The number of hydrogen-bond donors (Lipinski definition) is 1. The van der Waals surface area contributed by atoms with Gasteiger partial charge >= 0.3 is 0 Å². The van der Waals surface area contributed by atoms with E-state index in [1.807, 2.05) is 4.57 Å². The van der Waals surface area contributed by atoms with Crippen LogP contribution in [0.4, 0.5) is 0 Å². The van der Waals surface area contributed by atoms with Crippen LogP contribution >= 0.6 is 23.2 Å². The highest BCUT2D eigenvalue weighted by atomic mass is 35.5. The van der Waals surface area contributed by atoms with Gasteiger partial charge in [-0.3, -0.25) is 9.59 Å². The molecule has 0 bridgehead atoms. The molecule has 1 unspecified atom stereocenters. The van der Waals surface area contributed by atoms with Crippen LogP contribution in [-0.2, 0) is 11.3 Å². The van der Waals surface area contributed by atoms with E-state index in [-0.39, 0.29) is 11.8 Å². The Morgan fingerprint density at radius 3 is 2.81 bits per heavy atom. The van der Waals surface area contributed by atoms with E-state index >= 15 is 0 Å². The van der Waals surface area contributed by atoms with Gasteiger partial charge in [-0.1, -0.05) is 23.2 Å². The third kappa shape index (κ3) is 3.80. The number of amides is 2. The van der Waals surface area contributed by atoms with Crippen molar-refractivity contribution in [2.45, 2.75) is 44.3 Å². The fourth-order valence-corrected chi connectivity index (χ4v) is 3.80. The summed E-state index contributed by atoms with van der Waals surface area (Å²) in [6.07, 6.45) is 5.31. The summed E-state index contributed by atoms with van der Waals surface area (Å²) in [7, 11) is 0. The molecule has 1 aromatic carbocycles. The number of aromatic nitrogens is 3. The summed E-state index contributed by atoms with van der Waals surface area (Å²) in [5, 5.41) is 11.7.